The maximum atomic E-state index is 5.34. The smallest absolute Gasteiger partial charge is 0.203 e. The highest BCUT2D eigenvalue weighted by atomic mass is 16.5. The molecule has 2 aromatic heterocycles. The second kappa shape index (κ2) is 7.78. The third kappa shape index (κ3) is 4.56. The first kappa shape index (κ1) is 15.5. The van der Waals surface area contributed by atoms with Crippen molar-refractivity contribution in [1.82, 2.24) is 14.5 Å². The number of nitrogens with zero attached hydrogens (tertiary/aromatic N) is 3. The molecule has 0 unspecified atom stereocenters. The average Bonchev–Trinajstić information content (AvgIpc) is 2.81. The van der Waals surface area contributed by atoms with Gasteiger partial charge in [-0.05, 0) is 38.8 Å². The van der Waals surface area contributed by atoms with Crippen molar-refractivity contribution >= 4 is 5.95 Å². The van der Waals surface area contributed by atoms with Gasteiger partial charge in [0.25, 0.3) is 0 Å². The van der Waals surface area contributed by atoms with E-state index in [1.807, 2.05) is 26.1 Å². The van der Waals surface area contributed by atoms with E-state index in [0.29, 0.717) is 0 Å². The van der Waals surface area contributed by atoms with Gasteiger partial charge in [0.15, 0.2) is 0 Å². The first-order valence-corrected chi connectivity index (χ1v) is 7.46. The van der Waals surface area contributed by atoms with Gasteiger partial charge in [-0.1, -0.05) is 6.07 Å². The van der Waals surface area contributed by atoms with Crippen molar-refractivity contribution < 1.29 is 4.74 Å². The molecule has 0 amide bonds. The van der Waals surface area contributed by atoms with Crippen LogP contribution in [0.3, 0.4) is 0 Å². The molecule has 5 heteroatoms. The summed E-state index contributed by atoms with van der Waals surface area (Å²) in [7, 11) is 0. The number of anilines is 1. The summed E-state index contributed by atoms with van der Waals surface area (Å²) < 4.78 is 7.46. The van der Waals surface area contributed by atoms with E-state index in [0.717, 1.165) is 50.1 Å². The summed E-state index contributed by atoms with van der Waals surface area (Å²) in [6.07, 6.45) is 4.86. The lowest BCUT2D eigenvalue weighted by Gasteiger charge is -2.10. The minimum Gasteiger partial charge on any atom is -0.382 e. The van der Waals surface area contributed by atoms with Crippen LogP contribution in [0.15, 0.2) is 24.5 Å². The molecule has 0 spiro atoms. The normalized spacial score (nSPS) is 10.8. The van der Waals surface area contributed by atoms with E-state index in [1.54, 1.807) is 0 Å². The summed E-state index contributed by atoms with van der Waals surface area (Å²) in [4.78, 5) is 8.99. The molecule has 114 valence electrons. The highest BCUT2D eigenvalue weighted by Crippen LogP contribution is 2.13. The Morgan fingerprint density at radius 2 is 2.19 bits per heavy atom. The summed E-state index contributed by atoms with van der Waals surface area (Å²) in [6.45, 7) is 9.25. The van der Waals surface area contributed by atoms with Crippen molar-refractivity contribution in [2.75, 3.05) is 25.1 Å². The lowest BCUT2D eigenvalue weighted by molar-refractivity contribution is 0.147. The number of nitrogens with one attached hydrogen (secondary N) is 1. The number of hydrogen-bond acceptors (Lipinski definition) is 4. The number of aromatic nitrogens is 3. The van der Waals surface area contributed by atoms with E-state index >= 15 is 0 Å². The fraction of sp³-hybridized carbons (Fsp3) is 0.500. The van der Waals surface area contributed by atoms with E-state index in [9.17, 15) is 0 Å². The van der Waals surface area contributed by atoms with Gasteiger partial charge in [-0.2, -0.15) is 0 Å². The lowest BCUT2D eigenvalue weighted by Crippen LogP contribution is -2.12. The quantitative estimate of drug-likeness (QED) is 0.759. The zero-order chi connectivity index (χ0) is 15.1. The second-order valence-corrected chi connectivity index (χ2v) is 5.08. The molecule has 0 aliphatic rings. The highest BCUT2D eigenvalue weighted by molar-refractivity contribution is 5.30. The fourth-order valence-corrected chi connectivity index (χ4v) is 2.17. The van der Waals surface area contributed by atoms with Crippen LogP contribution in [-0.4, -0.2) is 34.3 Å². The van der Waals surface area contributed by atoms with E-state index in [2.05, 4.69) is 39.0 Å². The number of hydrogen-bond donors (Lipinski definition) is 1. The van der Waals surface area contributed by atoms with Gasteiger partial charge in [0.05, 0.1) is 17.9 Å². The van der Waals surface area contributed by atoms with Gasteiger partial charge in [-0.15, -0.1) is 0 Å². The van der Waals surface area contributed by atoms with Crippen LogP contribution in [0, 0.1) is 13.8 Å². The molecular formula is C16H24N4O. The van der Waals surface area contributed by atoms with Crippen LogP contribution < -0.4 is 5.32 Å². The molecule has 0 saturated carbocycles. The largest absolute Gasteiger partial charge is 0.382 e. The summed E-state index contributed by atoms with van der Waals surface area (Å²) in [6, 6.07) is 4.05. The van der Waals surface area contributed by atoms with Gasteiger partial charge in [-0.25, -0.2) is 4.98 Å². The van der Waals surface area contributed by atoms with Crippen LogP contribution in [0.2, 0.25) is 0 Å². The third-order valence-corrected chi connectivity index (χ3v) is 3.29. The van der Waals surface area contributed by atoms with Crippen molar-refractivity contribution in [3.05, 3.63) is 41.5 Å². The maximum absolute atomic E-state index is 5.34. The van der Waals surface area contributed by atoms with E-state index < -0.39 is 0 Å². The van der Waals surface area contributed by atoms with Crippen LogP contribution >= 0.6 is 0 Å². The van der Waals surface area contributed by atoms with Crippen molar-refractivity contribution in [3.8, 4) is 0 Å². The van der Waals surface area contributed by atoms with Gasteiger partial charge >= 0.3 is 0 Å². The van der Waals surface area contributed by atoms with Crippen LogP contribution in [0.1, 0.15) is 30.3 Å². The Kier molecular flexibility index (Phi) is 5.75. The Morgan fingerprint density at radius 1 is 1.33 bits per heavy atom. The van der Waals surface area contributed by atoms with E-state index in [4.69, 9.17) is 4.74 Å². The molecule has 0 aromatic carbocycles. The molecule has 21 heavy (non-hydrogen) atoms. The zero-order valence-corrected chi connectivity index (χ0v) is 13.1. The van der Waals surface area contributed by atoms with E-state index in [1.165, 1.54) is 5.56 Å². The number of rotatable bonds is 8. The topological polar surface area (TPSA) is 52.0 Å². The van der Waals surface area contributed by atoms with Crippen molar-refractivity contribution in [2.24, 2.45) is 0 Å². The molecule has 0 aliphatic carbocycles. The maximum Gasteiger partial charge on any atom is 0.203 e. The summed E-state index contributed by atoms with van der Waals surface area (Å²) in [5.74, 6) is 0.897. The monoisotopic (exact) mass is 288 g/mol. The Morgan fingerprint density at radius 3 is 2.95 bits per heavy atom. The molecule has 1 N–H and O–H groups in total. The van der Waals surface area contributed by atoms with Gasteiger partial charge in [0.1, 0.15) is 0 Å². The Bertz CT molecular complexity index is 565. The fourth-order valence-electron chi connectivity index (χ4n) is 2.17. The molecule has 0 fully saturated rings. The van der Waals surface area contributed by atoms with Crippen molar-refractivity contribution in [3.63, 3.8) is 0 Å². The predicted octanol–water partition coefficient (Wildman–Crippen LogP) is 2.78. The van der Waals surface area contributed by atoms with Crippen LogP contribution in [0.4, 0.5) is 5.95 Å². The van der Waals surface area contributed by atoms with Crippen molar-refractivity contribution in [2.45, 2.75) is 33.7 Å². The van der Waals surface area contributed by atoms with Gasteiger partial charge in [0.2, 0.25) is 5.95 Å². The summed E-state index contributed by atoms with van der Waals surface area (Å²) in [5.41, 5.74) is 3.29. The first-order chi connectivity index (χ1) is 10.2. The number of ether oxygens (including phenoxy) is 1. The van der Waals surface area contributed by atoms with Crippen molar-refractivity contribution in [1.29, 1.82) is 0 Å². The molecule has 0 saturated heterocycles. The van der Waals surface area contributed by atoms with Crippen LogP contribution in [-0.2, 0) is 11.3 Å². The van der Waals surface area contributed by atoms with Gasteiger partial charge < -0.3 is 14.6 Å². The Labute approximate surface area is 126 Å². The van der Waals surface area contributed by atoms with E-state index in [-0.39, 0.29) is 0 Å². The predicted molar refractivity (Wildman–Crippen MR) is 84.6 cm³/mol. The number of imidazole rings is 1. The second-order valence-electron chi connectivity index (χ2n) is 5.08. The van der Waals surface area contributed by atoms with Crippen LogP contribution in [0.25, 0.3) is 0 Å². The third-order valence-electron chi connectivity index (χ3n) is 3.29. The molecule has 5 nitrogen and oxygen atoms in total. The zero-order valence-electron chi connectivity index (χ0n) is 13.1. The molecule has 2 rings (SSSR count). The molecule has 0 aliphatic heterocycles. The van der Waals surface area contributed by atoms with Gasteiger partial charge in [-0.3, -0.25) is 4.98 Å². The van der Waals surface area contributed by atoms with Crippen LogP contribution in [0.5, 0.6) is 0 Å². The summed E-state index contributed by atoms with van der Waals surface area (Å²) >= 11 is 0. The lowest BCUT2D eigenvalue weighted by atomic mass is 10.2. The number of pyridine rings is 1. The average molecular weight is 288 g/mol. The first-order valence-electron chi connectivity index (χ1n) is 7.46. The molecule has 2 heterocycles. The number of aryl methyl sites for hydroxylation is 2. The highest BCUT2D eigenvalue weighted by Gasteiger charge is 2.07. The standard InChI is InChI=1S/C16H24N4O/c1-4-21-10-6-9-18-16-19-14(3)11-20(16)12-15-13(2)7-5-8-17-15/h5,7-8,11H,4,6,9-10,12H2,1-3H3,(H,18,19). The molecule has 0 atom stereocenters. The minimum atomic E-state index is 0.737. The molecule has 0 radical (unpaired) electrons. The molecule has 0 bridgehead atoms. The minimum absolute atomic E-state index is 0.737. The molecular weight excluding hydrogens is 264 g/mol. The summed E-state index contributed by atoms with van der Waals surface area (Å²) in [5, 5.41) is 3.38. The SMILES string of the molecule is CCOCCCNc1nc(C)cn1Cc1ncccc1C. The molecule has 2 aromatic rings. The Balaban J connectivity index is 1.98. The van der Waals surface area contributed by atoms with Gasteiger partial charge in [0, 0.05) is 32.2 Å². The Hall–Kier alpha value is -1.88.